The summed E-state index contributed by atoms with van der Waals surface area (Å²) in [6.45, 7) is 7.33. The SMILES string of the molecule is C/C=N\N(C)CCCCc1ccc2cc(-c3ccc(NC(C)C)cc3)n(C3CCC3)c2c1. The quantitative estimate of drug-likeness (QED) is 0.211. The average Bonchev–Trinajstić information content (AvgIpc) is 3.09. The maximum absolute atomic E-state index is 4.31. The molecule has 2 aromatic carbocycles. The molecule has 0 spiro atoms. The summed E-state index contributed by atoms with van der Waals surface area (Å²) >= 11 is 0. The number of rotatable bonds is 10. The van der Waals surface area contributed by atoms with E-state index in [-0.39, 0.29) is 0 Å². The van der Waals surface area contributed by atoms with Gasteiger partial charge in [0.1, 0.15) is 0 Å². The van der Waals surface area contributed by atoms with Crippen LogP contribution in [0.25, 0.3) is 22.2 Å². The first-order valence-electron chi connectivity index (χ1n) is 12.3. The van der Waals surface area contributed by atoms with Gasteiger partial charge in [-0.3, -0.25) is 0 Å². The summed E-state index contributed by atoms with van der Waals surface area (Å²) in [5, 5.41) is 11.2. The Morgan fingerprint density at radius 1 is 1.09 bits per heavy atom. The van der Waals surface area contributed by atoms with Crippen LogP contribution in [0.1, 0.15) is 64.5 Å². The van der Waals surface area contributed by atoms with E-state index in [1.54, 1.807) is 0 Å². The highest BCUT2D eigenvalue weighted by atomic mass is 15.4. The van der Waals surface area contributed by atoms with Gasteiger partial charge in [0.15, 0.2) is 0 Å². The van der Waals surface area contributed by atoms with E-state index in [2.05, 4.69) is 77.4 Å². The van der Waals surface area contributed by atoms with Crippen LogP contribution >= 0.6 is 0 Å². The highest BCUT2D eigenvalue weighted by Crippen LogP contribution is 2.40. The molecular formula is C28H38N4. The highest BCUT2D eigenvalue weighted by Gasteiger charge is 2.24. The van der Waals surface area contributed by atoms with Gasteiger partial charge in [0.05, 0.1) is 0 Å². The van der Waals surface area contributed by atoms with Crippen LogP contribution in [0.2, 0.25) is 0 Å². The van der Waals surface area contributed by atoms with Gasteiger partial charge in [0.25, 0.3) is 0 Å². The van der Waals surface area contributed by atoms with Crippen LogP contribution in [0.4, 0.5) is 5.69 Å². The molecule has 4 nitrogen and oxygen atoms in total. The number of hydrogen-bond donors (Lipinski definition) is 1. The highest BCUT2D eigenvalue weighted by molar-refractivity contribution is 5.88. The molecule has 1 aromatic heterocycles. The van der Waals surface area contributed by atoms with Crippen molar-refractivity contribution in [2.75, 3.05) is 18.9 Å². The summed E-state index contributed by atoms with van der Waals surface area (Å²) < 4.78 is 2.62. The first kappa shape index (κ1) is 22.4. The van der Waals surface area contributed by atoms with Gasteiger partial charge in [-0.05, 0) is 94.7 Å². The van der Waals surface area contributed by atoms with Crippen molar-refractivity contribution >= 4 is 22.8 Å². The summed E-state index contributed by atoms with van der Waals surface area (Å²) in [4.78, 5) is 0. The van der Waals surface area contributed by atoms with Crippen LogP contribution in [0.3, 0.4) is 0 Å². The molecule has 32 heavy (non-hydrogen) atoms. The van der Waals surface area contributed by atoms with Gasteiger partial charge in [0.2, 0.25) is 0 Å². The Bertz CT molecular complexity index is 1040. The number of nitrogens with zero attached hydrogens (tertiary/aromatic N) is 3. The molecule has 0 unspecified atom stereocenters. The third-order valence-corrected chi connectivity index (χ3v) is 6.49. The predicted molar refractivity (Wildman–Crippen MR) is 139 cm³/mol. The van der Waals surface area contributed by atoms with Crippen LogP contribution < -0.4 is 5.32 Å². The monoisotopic (exact) mass is 430 g/mol. The zero-order valence-corrected chi connectivity index (χ0v) is 20.1. The summed E-state index contributed by atoms with van der Waals surface area (Å²) in [5.74, 6) is 0. The molecule has 1 aliphatic carbocycles. The van der Waals surface area contributed by atoms with Gasteiger partial charge < -0.3 is 14.9 Å². The van der Waals surface area contributed by atoms with E-state index in [4.69, 9.17) is 0 Å². The number of benzene rings is 2. The first-order valence-corrected chi connectivity index (χ1v) is 12.3. The summed E-state index contributed by atoms with van der Waals surface area (Å²) in [6, 6.07) is 19.5. The number of anilines is 1. The van der Waals surface area contributed by atoms with Crippen molar-refractivity contribution in [2.24, 2.45) is 5.10 Å². The van der Waals surface area contributed by atoms with Crippen molar-refractivity contribution in [3.8, 4) is 11.3 Å². The van der Waals surface area contributed by atoms with Crippen molar-refractivity contribution in [1.29, 1.82) is 0 Å². The normalized spacial score (nSPS) is 14.4. The maximum Gasteiger partial charge on any atom is 0.0493 e. The van der Waals surface area contributed by atoms with Crippen molar-refractivity contribution < 1.29 is 0 Å². The third-order valence-electron chi connectivity index (χ3n) is 6.49. The fourth-order valence-corrected chi connectivity index (χ4v) is 4.68. The van der Waals surface area contributed by atoms with E-state index >= 15 is 0 Å². The summed E-state index contributed by atoms with van der Waals surface area (Å²) in [5.41, 5.74) is 6.70. The van der Waals surface area contributed by atoms with Crippen molar-refractivity contribution in [1.82, 2.24) is 9.58 Å². The first-order chi connectivity index (χ1) is 15.5. The van der Waals surface area contributed by atoms with Crippen molar-refractivity contribution in [2.45, 2.75) is 71.4 Å². The van der Waals surface area contributed by atoms with E-state index in [1.165, 1.54) is 59.1 Å². The Balaban J connectivity index is 1.56. The molecule has 1 aliphatic rings. The predicted octanol–water partition coefficient (Wildman–Crippen LogP) is 7.11. The Labute approximate surface area is 193 Å². The number of hydrazone groups is 1. The maximum atomic E-state index is 4.31. The topological polar surface area (TPSA) is 32.6 Å². The minimum Gasteiger partial charge on any atom is -0.383 e. The lowest BCUT2D eigenvalue weighted by Crippen LogP contribution is -2.17. The lowest BCUT2D eigenvalue weighted by molar-refractivity contribution is 0.324. The molecule has 1 N–H and O–H groups in total. The molecule has 0 atom stereocenters. The van der Waals surface area contributed by atoms with Gasteiger partial charge in [-0.2, -0.15) is 5.10 Å². The second kappa shape index (κ2) is 10.2. The third kappa shape index (κ3) is 5.17. The number of fused-ring (bicyclic) bond motifs is 1. The van der Waals surface area contributed by atoms with Gasteiger partial charge in [-0.25, -0.2) is 0 Å². The molecule has 0 radical (unpaired) electrons. The molecule has 1 fully saturated rings. The Kier molecular flexibility index (Phi) is 7.19. The minimum atomic E-state index is 0.445. The van der Waals surface area contributed by atoms with Gasteiger partial charge >= 0.3 is 0 Å². The van der Waals surface area contributed by atoms with E-state index < -0.39 is 0 Å². The molecular weight excluding hydrogens is 392 g/mol. The molecule has 1 heterocycles. The molecule has 0 bridgehead atoms. The van der Waals surface area contributed by atoms with Crippen molar-refractivity contribution in [3.63, 3.8) is 0 Å². The summed E-state index contributed by atoms with van der Waals surface area (Å²) in [7, 11) is 2.05. The van der Waals surface area contributed by atoms with E-state index in [9.17, 15) is 0 Å². The largest absolute Gasteiger partial charge is 0.383 e. The molecule has 0 saturated heterocycles. The fraction of sp³-hybridized carbons (Fsp3) is 0.464. The fourth-order valence-electron chi connectivity index (χ4n) is 4.68. The van der Waals surface area contributed by atoms with Gasteiger partial charge in [-0.1, -0.05) is 24.3 Å². The van der Waals surface area contributed by atoms with E-state index in [0.29, 0.717) is 12.1 Å². The number of aryl methyl sites for hydroxylation is 1. The smallest absolute Gasteiger partial charge is 0.0493 e. The van der Waals surface area contributed by atoms with Crippen LogP contribution in [-0.2, 0) is 6.42 Å². The molecule has 0 aliphatic heterocycles. The molecule has 170 valence electrons. The number of unbranched alkanes of at least 4 members (excludes halogenated alkanes) is 1. The number of hydrogen-bond acceptors (Lipinski definition) is 3. The second-order valence-corrected chi connectivity index (χ2v) is 9.47. The molecule has 0 amide bonds. The molecule has 4 heteroatoms. The van der Waals surface area contributed by atoms with Gasteiger partial charge in [0, 0.05) is 54.2 Å². The molecule has 4 rings (SSSR count). The van der Waals surface area contributed by atoms with Crippen molar-refractivity contribution in [3.05, 3.63) is 54.1 Å². The Hall–Kier alpha value is -2.75. The number of nitrogens with one attached hydrogen (secondary N) is 1. The van der Waals surface area contributed by atoms with Crippen LogP contribution in [0.15, 0.2) is 53.6 Å². The van der Waals surface area contributed by atoms with Crippen LogP contribution in [-0.4, -0.2) is 35.4 Å². The van der Waals surface area contributed by atoms with Gasteiger partial charge in [-0.15, -0.1) is 0 Å². The Morgan fingerprint density at radius 2 is 1.88 bits per heavy atom. The van der Waals surface area contributed by atoms with Crippen LogP contribution in [0, 0.1) is 0 Å². The standard InChI is InChI=1S/C28H38N4/c1-5-29-31(4)18-7-6-9-22-12-13-24-20-28(32(27(24)19-22)26-10-8-11-26)23-14-16-25(17-15-23)30-21(2)3/h5,12-17,19-21,26,30H,6-11,18H2,1-4H3/b29-5-. The van der Waals surface area contributed by atoms with Crippen LogP contribution in [0.5, 0.6) is 0 Å². The zero-order chi connectivity index (χ0) is 22.5. The lowest BCUT2D eigenvalue weighted by Gasteiger charge is -2.30. The van der Waals surface area contributed by atoms with E-state index in [0.717, 1.165) is 19.4 Å². The second-order valence-electron chi connectivity index (χ2n) is 9.47. The molecule has 1 saturated carbocycles. The average molecular weight is 431 g/mol. The lowest BCUT2D eigenvalue weighted by atomic mass is 9.92. The number of aromatic nitrogens is 1. The zero-order valence-electron chi connectivity index (χ0n) is 20.1. The minimum absolute atomic E-state index is 0.445. The Morgan fingerprint density at radius 3 is 2.53 bits per heavy atom. The van der Waals surface area contributed by atoms with E-state index in [1.807, 2.05) is 25.2 Å². The summed E-state index contributed by atoms with van der Waals surface area (Å²) in [6.07, 6.45) is 9.26. The molecule has 3 aromatic rings.